The summed E-state index contributed by atoms with van der Waals surface area (Å²) in [4.78, 5) is 14.3. The fraction of sp³-hybridized carbons (Fsp3) is 0.188. The molecule has 0 aromatic heterocycles. The first-order valence-corrected chi connectivity index (χ1v) is 8.20. The summed E-state index contributed by atoms with van der Waals surface area (Å²) in [6.45, 7) is 0.660. The molecule has 0 saturated carbocycles. The lowest BCUT2D eigenvalue weighted by molar-refractivity contribution is 0.246. The Morgan fingerprint density at radius 1 is 1.26 bits per heavy atom. The number of halogens is 3. The maximum absolute atomic E-state index is 13.7. The number of hydrogen-bond donors (Lipinski definition) is 2. The molecule has 0 fully saturated rings. The molecular formula is C16H13BrF2N2OS. The Balaban J connectivity index is 1.72. The molecule has 1 N–H and O–H groups in total. The van der Waals surface area contributed by atoms with Crippen LogP contribution in [0.3, 0.4) is 0 Å². The number of hydrogen-bond acceptors (Lipinski definition) is 2. The lowest BCUT2D eigenvalue weighted by Crippen LogP contribution is -2.38. The Morgan fingerprint density at radius 3 is 2.78 bits per heavy atom. The maximum atomic E-state index is 13.7. The van der Waals surface area contributed by atoms with Crippen molar-refractivity contribution in [3.05, 3.63) is 57.6 Å². The summed E-state index contributed by atoms with van der Waals surface area (Å²) in [5.74, 6) is -0.812. The largest absolute Gasteiger partial charge is 0.334 e. The Hall–Kier alpha value is -1.60. The number of nitrogens with zero attached hydrogens (tertiary/aromatic N) is 1. The number of urea groups is 1. The van der Waals surface area contributed by atoms with E-state index in [9.17, 15) is 13.6 Å². The molecule has 0 aliphatic carbocycles. The van der Waals surface area contributed by atoms with E-state index in [1.54, 1.807) is 12.1 Å². The molecule has 7 heteroatoms. The van der Waals surface area contributed by atoms with Gasteiger partial charge in [0.2, 0.25) is 0 Å². The summed E-state index contributed by atoms with van der Waals surface area (Å²) in [6, 6.07) is 7.02. The van der Waals surface area contributed by atoms with Gasteiger partial charge in [-0.05, 0) is 63.8 Å². The molecule has 3 rings (SSSR count). The fourth-order valence-corrected chi connectivity index (χ4v) is 3.28. The minimum atomic E-state index is -0.409. The van der Waals surface area contributed by atoms with Crippen LogP contribution in [0.1, 0.15) is 11.1 Å². The van der Waals surface area contributed by atoms with E-state index in [1.165, 1.54) is 23.1 Å². The molecule has 0 atom stereocenters. The fourth-order valence-electron chi connectivity index (χ4n) is 2.60. The van der Waals surface area contributed by atoms with Gasteiger partial charge >= 0.3 is 6.03 Å². The van der Waals surface area contributed by atoms with E-state index in [1.807, 2.05) is 0 Å². The van der Waals surface area contributed by atoms with Crippen LogP contribution >= 0.6 is 28.6 Å². The van der Waals surface area contributed by atoms with E-state index in [0.717, 1.165) is 5.56 Å². The molecule has 2 amide bonds. The summed E-state index contributed by atoms with van der Waals surface area (Å²) < 4.78 is 27.4. The SMILES string of the molecule is O=C(NCc1cc(F)cc(S)c1)N1CCc2cc(Br)c(F)cc21. The molecule has 23 heavy (non-hydrogen) atoms. The van der Waals surface area contributed by atoms with Crippen LogP contribution in [-0.2, 0) is 13.0 Å². The molecule has 0 bridgehead atoms. The second kappa shape index (κ2) is 6.49. The Labute approximate surface area is 146 Å². The van der Waals surface area contributed by atoms with E-state index in [2.05, 4.69) is 33.9 Å². The van der Waals surface area contributed by atoms with Crippen LogP contribution in [0.15, 0.2) is 39.7 Å². The van der Waals surface area contributed by atoms with Gasteiger partial charge in [0.15, 0.2) is 0 Å². The number of nitrogens with one attached hydrogen (secondary N) is 1. The van der Waals surface area contributed by atoms with Crippen LogP contribution in [-0.4, -0.2) is 12.6 Å². The van der Waals surface area contributed by atoms with E-state index >= 15 is 0 Å². The van der Waals surface area contributed by atoms with Crippen molar-refractivity contribution in [2.45, 2.75) is 17.9 Å². The third-order valence-electron chi connectivity index (χ3n) is 3.65. The molecule has 0 unspecified atom stereocenters. The minimum Gasteiger partial charge on any atom is -0.334 e. The number of carbonyl (C=O) groups excluding carboxylic acids is 1. The van der Waals surface area contributed by atoms with E-state index < -0.39 is 11.6 Å². The molecule has 2 aromatic rings. The first kappa shape index (κ1) is 16.3. The number of anilines is 1. The van der Waals surface area contributed by atoms with E-state index in [-0.39, 0.29) is 12.6 Å². The monoisotopic (exact) mass is 398 g/mol. The molecule has 0 saturated heterocycles. The van der Waals surface area contributed by atoms with Gasteiger partial charge in [0.1, 0.15) is 11.6 Å². The first-order chi connectivity index (χ1) is 10.9. The van der Waals surface area contributed by atoms with Gasteiger partial charge in [-0.1, -0.05) is 0 Å². The third kappa shape index (κ3) is 3.50. The number of benzene rings is 2. The standard InChI is InChI=1S/C16H13BrF2N2OS/c17-13-5-10-1-2-21(15(10)7-14(13)19)16(22)20-8-9-3-11(18)6-12(23)4-9/h3-7,23H,1-2,8H2,(H,20,22). The van der Waals surface area contributed by atoms with Gasteiger partial charge in [-0.3, -0.25) is 4.90 Å². The minimum absolute atomic E-state index is 0.176. The van der Waals surface area contributed by atoms with Gasteiger partial charge < -0.3 is 5.32 Å². The number of fused-ring (bicyclic) bond motifs is 1. The highest BCUT2D eigenvalue weighted by Crippen LogP contribution is 2.32. The Kier molecular flexibility index (Phi) is 4.59. The second-order valence-electron chi connectivity index (χ2n) is 5.27. The summed E-state index contributed by atoms with van der Waals surface area (Å²) in [7, 11) is 0. The quantitative estimate of drug-likeness (QED) is 0.726. The number of rotatable bonds is 2. The first-order valence-electron chi connectivity index (χ1n) is 6.96. The second-order valence-corrected chi connectivity index (χ2v) is 6.64. The highest BCUT2D eigenvalue weighted by Gasteiger charge is 2.26. The van der Waals surface area contributed by atoms with Crippen LogP contribution < -0.4 is 10.2 Å². The summed E-state index contributed by atoms with van der Waals surface area (Å²) >= 11 is 7.25. The number of thiol groups is 1. The maximum Gasteiger partial charge on any atom is 0.322 e. The van der Waals surface area contributed by atoms with Crippen LogP contribution in [0, 0.1) is 11.6 Å². The summed E-state index contributed by atoms with van der Waals surface area (Å²) in [6.07, 6.45) is 0.669. The Morgan fingerprint density at radius 2 is 2.04 bits per heavy atom. The summed E-state index contributed by atoms with van der Waals surface area (Å²) in [5.41, 5.74) is 2.10. The van der Waals surface area contributed by atoms with Gasteiger partial charge in [-0.2, -0.15) is 0 Å². The van der Waals surface area contributed by atoms with Gasteiger partial charge in [0.25, 0.3) is 0 Å². The molecule has 1 aliphatic rings. The zero-order valence-corrected chi connectivity index (χ0v) is 14.4. The van der Waals surface area contributed by atoms with Crippen molar-refractivity contribution in [1.82, 2.24) is 5.32 Å². The predicted molar refractivity (Wildman–Crippen MR) is 91.0 cm³/mol. The molecule has 0 radical (unpaired) electrons. The van der Waals surface area contributed by atoms with Gasteiger partial charge in [0.05, 0.1) is 10.2 Å². The van der Waals surface area contributed by atoms with Crippen LogP contribution in [0.2, 0.25) is 0 Å². The molecule has 0 spiro atoms. The van der Waals surface area contributed by atoms with Crippen molar-refractivity contribution in [3.63, 3.8) is 0 Å². The van der Waals surface area contributed by atoms with Crippen molar-refractivity contribution in [2.24, 2.45) is 0 Å². The smallest absolute Gasteiger partial charge is 0.322 e. The normalized spacial score (nSPS) is 13.1. The van der Waals surface area contributed by atoms with Crippen molar-refractivity contribution >= 4 is 40.3 Å². The van der Waals surface area contributed by atoms with E-state index in [0.29, 0.717) is 33.6 Å². The molecule has 120 valence electrons. The van der Waals surface area contributed by atoms with Crippen LogP contribution in [0.25, 0.3) is 0 Å². The summed E-state index contributed by atoms with van der Waals surface area (Å²) in [5, 5.41) is 2.72. The zero-order valence-electron chi connectivity index (χ0n) is 11.9. The predicted octanol–water partition coefficient (Wildman–Crippen LogP) is 4.29. The number of amides is 2. The molecule has 2 aromatic carbocycles. The molecule has 1 aliphatic heterocycles. The average molecular weight is 399 g/mol. The van der Waals surface area contributed by atoms with Crippen molar-refractivity contribution in [1.29, 1.82) is 0 Å². The molecule has 1 heterocycles. The van der Waals surface area contributed by atoms with Crippen LogP contribution in [0.5, 0.6) is 0 Å². The van der Waals surface area contributed by atoms with Crippen molar-refractivity contribution in [2.75, 3.05) is 11.4 Å². The van der Waals surface area contributed by atoms with Gasteiger partial charge in [-0.25, -0.2) is 13.6 Å². The van der Waals surface area contributed by atoms with Gasteiger partial charge in [0, 0.05) is 18.0 Å². The lowest BCUT2D eigenvalue weighted by Gasteiger charge is -2.18. The molecular weight excluding hydrogens is 386 g/mol. The highest BCUT2D eigenvalue weighted by atomic mass is 79.9. The molecule has 3 nitrogen and oxygen atoms in total. The van der Waals surface area contributed by atoms with Crippen molar-refractivity contribution < 1.29 is 13.6 Å². The number of carbonyl (C=O) groups is 1. The third-order valence-corrected chi connectivity index (χ3v) is 4.51. The topological polar surface area (TPSA) is 32.3 Å². The van der Waals surface area contributed by atoms with Crippen LogP contribution in [0.4, 0.5) is 19.3 Å². The highest BCUT2D eigenvalue weighted by molar-refractivity contribution is 9.10. The average Bonchev–Trinajstić information content (AvgIpc) is 2.87. The van der Waals surface area contributed by atoms with E-state index in [4.69, 9.17) is 0 Å². The lowest BCUT2D eigenvalue weighted by atomic mass is 10.2. The Bertz CT molecular complexity index is 765. The van der Waals surface area contributed by atoms with Crippen molar-refractivity contribution in [3.8, 4) is 0 Å². The zero-order chi connectivity index (χ0) is 16.6. The van der Waals surface area contributed by atoms with Gasteiger partial charge in [-0.15, -0.1) is 12.6 Å².